The summed E-state index contributed by atoms with van der Waals surface area (Å²) in [4.78, 5) is 37.2. The predicted octanol–water partition coefficient (Wildman–Crippen LogP) is 1.67. The van der Waals surface area contributed by atoms with Crippen LogP contribution in [0.3, 0.4) is 0 Å². The third kappa shape index (κ3) is 3.36. The van der Waals surface area contributed by atoms with Crippen molar-refractivity contribution in [2.75, 3.05) is 51.7 Å². The second kappa shape index (κ2) is 7.90. The van der Waals surface area contributed by atoms with Crippen LogP contribution in [-0.4, -0.2) is 83.9 Å². The summed E-state index contributed by atoms with van der Waals surface area (Å²) in [6.07, 6.45) is 1.96. The molecule has 2 saturated heterocycles. The van der Waals surface area contributed by atoms with E-state index < -0.39 is 6.04 Å². The van der Waals surface area contributed by atoms with Crippen LogP contribution in [0.25, 0.3) is 0 Å². The van der Waals surface area contributed by atoms with E-state index in [1.54, 1.807) is 7.05 Å². The number of fused-ring (bicyclic) bond motifs is 3. The molecule has 0 N–H and O–H groups in total. The van der Waals surface area contributed by atoms with Crippen LogP contribution in [0.15, 0.2) is 35.5 Å². The van der Waals surface area contributed by atoms with E-state index >= 15 is 0 Å². The number of aliphatic imine (C=N–C) groups is 1. The van der Waals surface area contributed by atoms with Crippen LogP contribution in [-0.2, 0) is 11.3 Å². The number of likely N-dealkylation sites (N-methyl/N-ethyl adjacent to an activating group) is 2. The van der Waals surface area contributed by atoms with Gasteiger partial charge in [-0.15, -0.1) is 0 Å². The maximum absolute atomic E-state index is 12.8. The Morgan fingerprint density at radius 3 is 2.56 bits per heavy atom. The van der Waals surface area contributed by atoms with E-state index in [2.05, 4.69) is 20.4 Å². The topological polar surface area (TPSA) is 68.3 Å². The van der Waals surface area contributed by atoms with E-state index in [-0.39, 0.29) is 11.9 Å². The normalized spacial score (nSPS) is 21.2. The largest absolute Gasteiger partial charge is 0.401 e. The van der Waals surface area contributed by atoms with Crippen LogP contribution in [0, 0.1) is 6.92 Å². The number of halogens is 1. The second-order valence-corrected chi connectivity index (χ2v) is 8.99. The SMILES string of the molecule is Cc1c[n+]2c(n1CCN1CCN(c3cccc(Cl)c3)CC1)N=C1C2C(=O)N(C)C(=O)N1C. The van der Waals surface area contributed by atoms with Crippen molar-refractivity contribution in [3.05, 3.63) is 41.2 Å². The molecular formula is C22H27ClN7O2+. The molecule has 0 aliphatic carbocycles. The fourth-order valence-electron chi connectivity index (χ4n) is 4.73. The van der Waals surface area contributed by atoms with Gasteiger partial charge in [-0.1, -0.05) is 22.7 Å². The molecule has 0 spiro atoms. The zero-order chi connectivity index (χ0) is 22.6. The van der Waals surface area contributed by atoms with Crippen molar-refractivity contribution in [2.45, 2.75) is 19.5 Å². The maximum Gasteiger partial charge on any atom is 0.401 e. The first-order chi connectivity index (χ1) is 15.3. The Morgan fingerprint density at radius 2 is 1.84 bits per heavy atom. The fourth-order valence-corrected chi connectivity index (χ4v) is 4.92. The van der Waals surface area contributed by atoms with Crippen LogP contribution in [0.2, 0.25) is 5.02 Å². The molecule has 0 radical (unpaired) electrons. The number of rotatable bonds is 4. The lowest BCUT2D eigenvalue weighted by molar-refractivity contribution is -0.677. The Kier molecular flexibility index (Phi) is 5.17. The highest BCUT2D eigenvalue weighted by Crippen LogP contribution is 2.28. The van der Waals surface area contributed by atoms with Gasteiger partial charge in [0.2, 0.25) is 11.9 Å². The summed E-state index contributed by atoms with van der Waals surface area (Å²) < 4.78 is 4.03. The van der Waals surface area contributed by atoms with Crippen LogP contribution < -0.4 is 9.47 Å². The quantitative estimate of drug-likeness (QED) is 0.656. The number of imidazole rings is 1. The average Bonchev–Trinajstić information content (AvgIpc) is 3.30. The molecule has 4 heterocycles. The molecule has 1 aromatic heterocycles. The molecule has 3 aliphatic heterocycles. The number of aromatic nitrogens is 2. The minimum absolute atomic E-state index is 0.245. The molecule has 1 aromatic carbocycles. The molecule has 5 rings (SSSR count). The second-order valence-electron chi connectivity index (χ2n) is 8.55. The molecule has 10 heteroatoms. The number of nitrogens with zero attached hydrogens (tertiary/aromatic N) is 7. The number of urea groups is 1. The third-order valence-corrected chi connectivity index (χ3v) is 6.86. The Labute approximate surface area is 192 Å². The molecular weight excluding hydrogens is 430 g/mol. The van der Waals surface area contributed by atoms with Gasteiger partial charge in [0.1, 0.15) is 11.9 Å². The number of amidine groups is 1. The lowest BCUT2D eigenvalue weighted by Crippen LogP contribution is -2.61. The van der Waals surface area contributed by atoms with E-state index in [1.165, 1.54) is 17.6 Å². The highest BCUT2D eigenvalue weighted by molar-refractivity contribution is 6.30. The summed E-state index contributed by atoms with van der Waals surface area (Å²) in [5.41, 5.74) is 2.22. The van der Waals surface area contributed by atoms with Crippen molar-refractivity contribution >= 4 is 41.0 Å². The number of carbonyl (C=O) groups is 2. The molecule has 2 aromatic rings. The Bertz CT molecular complexity index is 1120. The number of aryl methyl sites for hydroxylation is 1. The van der Waals surface area contributed by atoms with Crippen molar-refractivity contribution in [2.24, 2.45) is 4.99 Å². The smallest absolute Gasteiger partial charge is 0.369 e. The first-order valence-electron chi connectivity index (χ1n) is 10.8. The van der Waals surface area contributed by atoms with E-state index in [4.69, 9.17) is 16.6 Å². The van der Waals surface area contributed by atoms with Crippen molar-refractivity contribution in [1.29, 1.82) is 0 Å². The molecule has 3 amide bonds. The van der Waals surface area contributed by atoms with E-state index in [0.29, 0.717) is 5.84 Å². The van der Waals surface area contributed by atoms with Crippen LogP contribution >= 0.6 is 11.6 Å². The zero-order valence-electron chi connectivity index (χ0n) is 18.5. The minimum Gasteiger partial charge on any atom is -0.369 e. The Morgan fingerprint density at radius 1 is 1.09 bits per heavy atom. The van der Waals surface area contributed by atoms with E-state index in [0.717, 1.165) is 60.8 Å². The summed E-state index contributed by atoms with van der Waals surface area (Å²) in [5, 5.41) is 0.763. The molecule has 9 nitrogen and oxygen atoms in total. The summed E-state index contributed by atoms with van der Waals surface area (Å²) in [7, 11) is 3.18. The number of amides is 3. The van der Waals surface area contributed by atoms with Gasteiger partial charge in [-0.3, -0.25) is 19.5 Å². The number of anilines is 1. The Hall–Kier alpha value is -2.91. The minimum atomic E-state index is -0.570. The van der Waals surface area contributed by atoms with E-state index in [9.17, 15) is 9.59 Å². The predicted molar refractivity (Wildman–Crippen MR) is 122 cm³/mol. The van der Waals surface area contributed by atoms with Crippen LogP contribution in [0.5, 0.6) is 0 Å². The number of hydrogen-bond donors (Lipinski definition) is 0. The van der Waals surface area contributed by atoms with Crippen molar-refractivity contribution in [3.63, 3.8) is 0 Å². The van der Waals surface area contributed by atoms with Crippen molar-refractivity contribution < 1.29 is 14.2 Å². The standard InChI is InChI=1S/C22H27ClN7O2/c1-15-14-30-18-19(25(2)22(32)26(3)20(18)31)24-21(30)29(15)12-9-27-7-10-28(11-8-27)17-6-4-5-16(23)13-17/h4-6,13-14,18H,7-12H2,1-3H3/q+1. The van der Waals surface area contributed by atoms with Crippen molar-refractivity contribution in [1.82, 2.24) is 19.3 Å². The molecule has 168 valence electrons. The average molecular weight is 457 g/mol. The number of piperazine rings is 1. The third-order valence-electron chi connectivity index (χ3n) is 6.63. The summed E-state index contributed by atoms with van der Waals surface area (Å²) >= 11 is 6.14. The molecule has 3 aliphatic rings. The molecule has 32 heavy (non-hydrogen) atoms. The monoisotopic (exact) mass is 456 g/mol. The summed E-state index contributed by atoms with van der Waals surface area (Å²) in [6.45, 7) is 7.55. The lowest BCUT2D eigenvalue weighted by Gasteiger charge is -2.36. The van der Waals surface area contributed by atoms with Gasteiger partial charge in [0.15, 0.2) is 0 Å². The zero-order valence-corrected chi connectivity index (χ0v) is 19.3. The van der Waals surface area contributed by atoms with Gasteiger partial charge in [-0.2, -0.15) is 0 Å². The summed E-state index contributed by atoms with van der Waals surface area (Å²) in [5.74, 6) is 0.977. The van der Waals surface area contributed by atoms with Gasteiger partial charge in [-0.25, -0.2) is 13.9 Å². The summed E-state index contributed by atoms with van der Waals surface area (Å²) in [6, 6.07) is 7.08. The van der Waals surface area contributed by atoms with Gasteiger partial charge >= 0.3 is 12.0 Å². The van der Waals surface area contributed by atoms with Crippen LogP contribution in [0.4, 0.5) is 16.4 Å². The fraction of sp³-hybridized carbons (Fsp3) is 0.455. The van der Waals surface area contributed by atoms with E-state index in [1.807, 2.05) is 35.9 Å². The molecule has 0 saturated carbocycles. The number of benzene rings is 1. The van der Waals surface area contributed by atoms with Crippen LogP contribution in [0.1, 0.15) is 11.7 Å². The Balaban J connectivity index is 1.27. The van der Waals surface area contributed by atoms with Crippen molar-refractivity contribution in [3.8, 4) is 0 Å². The maximum atomic E-state index is 12.8. The number of hydrogen-bond acceptors (Lipinski definition) is 5. The number of carbonyl (C=O) groups excluding carboxylic acids is 2. The molecule has 1 unspecified atom stereocenters. The van der Waals surface area contributed by atoms with Gasteiger partial charge in [-0.05, 0) is 25.1 Å². The number of imide groups is 1. The van der Waals surface area contributed by atoms with Gasteiger partial charge in [0, 0.05) is 57.5 Å². The lowest BCUT2D eigenvalue weighted by atomic mass is 10.2. The first-order valence-corrected chi connectivity index (χ1v) is 11.2. The van der Waals surface area contributed by atoms with Gasteiger partial charge < -0.3 is 4.90 Å². The highest BCUT2D eigenvalue weighted by Gasteiger charge is 2.52. The van der Waals surface area contributed by atoms with Gasteiger partial charge in [0.25, 0.3) is 5.91 Å². The first kappa shape index (κ1) is 21.0. The van der Waals surface area contributed by atoms with Gasteiger partial charge in [0.05, 0.1) is 6.54 Å². The highest BCUT2D eigenvalue weighted by atomic mass is 35.5. The molecule has 2 fully saturated rings. The molecule has 1 atom stereocenters. The molecule has 0 bridgehead atoms.